The highest BCUT2D eigenvalue weighted by atomic mass is 16.6. The van der Waals surface area contributed by atoms with Gasteiger partial charge >= 0.3 is 12.0 Å². The van der Waals surface area contributed by atoms with Crippen molar-refractivity contribution >= 4 is 17.9 Å². The maximum Gasteiger partial charge on any atom is 0.344 e. The van der Waals surface area contributed by atoms with E-state index in [1.807, 2.05) is 53.8 Å². The molecule has 0 saturated carbocycles. The van der Waals surface area contributed by atoms with Crippen molar-refractivity contribution in [1.82, 2.24) is 10.6 Å². The van der Waals surface area contributed by atoms with Gasteiger partial charge in [0.15, 0.2) is 13.2 Å². The number of hydrogen-bond acceptors (Lipinski definition) is 5. The number of para-hydroxylation sites is 1. The van der Waals surface area contributed by atoms with Crippen molar-refractivity contribution in [3.63, 3.8) is 0 Å². The average Bonchev–Trinajstić information content (AvgIpc) is 2.71. The highest BCUT2D eigenvalue weighted by Gasteiger charge is 2.12. The number of urea groups is 1. The lowest BCUT2D eigenvalue weighted by Crippen LogP contribution is -2.41. The van der Waals surface area contributed by atoms with E-state index < -0.39 is 24.5 Å². The molecule has 0 aliphatic heterocycles. The smallest absolute Gasteiger partial charge is 0.344 e. The summed E-state index contributed by atoms with van der Waals surface area (Å²) in [5, 5.41) is 4.40. The molecule has 0 aliphatic carbocycles. The topological polar surface area (TPSA) is 93.7 Å². The predicted molar refractivity (Wildman–Crippen MR) is 104 cm³/mol. The van der Waals surface area contributed by atoms with E-state index in [1.54, 1.807) is 6.07 Å². The van der Waals surface area contributed by atoms with Crippen LogP contribution in [0.3, 0.4) is 0 Å². The van der Waals surface area contributed by atoms with Gasteiger partial charge in [0.2, 0.25) is 0 Å². The van der Waals surface area contributed by atoms with Crippen LogP contribution in [0.15, 0.2) is 67.3 Å². The lowest BCUT2D eigenvalue weighted by atomic mass is 10.0. The number of nitrogens with one attached hydrogen (secondary N) is 2. The molecule has 2 aromatic carbocycles. The number of carbonyl (C=O) groups excluding carboxylic acids is 3. The van der Waals surface area contributed by atoms with Crippen LogP contribution >= 0.6 is 0 Å². The van der Waals surface area contributed by atoms with E-state index in [4.69, 9.17) is 9.47 Å². The summed E-state index contributed by atoms with van der Waals surface area (Å²) in [6.07, 6.45) is 2.13. The standard InChI is InChI=1S/C21H22N2O5/c1-2-12-22-21(26)23-19(24)14-28-20(25)15-27-18-11-7-6-10-17(18)13-16-8-4-3-5-9-16/h2-11H,1,12-15H2,(H2,22,23,24,26). The first kappa shape index (κ1) is 20.7. The van der Waals surface area contributed by atoms with E-state index in [0.29, 0.717) is 12.2 Å². The Balaban J connectivity index is 1.79. The molecule has 0 aliphatic rings. The molecule has 7 heteroatoms. The first-order valence-electron chi connectivity index (χ1n) is 8.67. The average molecular weight is 382 g/mol. The minimum atomic E-state index is -0.737. The van der Waals surface area contributed by atoms with Crippen LogP contribution in [0.5, 0.6) is 5.75 Å². The SMILES string of the molecule is C=CCNC(=O)NC(=O)COC(=O)COc1ccccc1Cc1ccccc1. The Morgan fingerprint density at radius 2 is 1.68 bits per heavy atom. The van der Waals surface area contributed by atoms with Gasteiger partial charge in [0, 0.05) is 13.0 Å². The molecular weight excluding hydrogens is 360 g/mol. The van der Waals surface area contributed by atoms with Gasteiger partial charge in [0.1, 0.15) is 5.75 Å². The minimum absolute atomic E-state index is 0.217. The van der Waals surface area contributed by atoms with Gasteiger partial charge in [-0.1, -0.05) is 54.6 Å². The van der Waals surface area contributed by atoms with Crippen LogP contribution in [0.4, 0.5) is 4.79 Å². The number of esters is 1. The van der Waals surface area contributed by atoms with Gasteiger partial charge in [-0.2, -0.15) is 0 Å². The molecule has 146 valence electrons. The van der Waals surface area contributed by atoms with Crippen molar-refractivity contribution in [1.29, 1.82) is 0 Å². The maximum atomic E-state index is 11.8. The van der Waals surface area contributed by atoms with Gasteiger partial charge in [-0.25, -0.2) is 9.59 Å². The van der Waals surface area contributed by atoms with E-state index in [2.05, 4.69) is 11.9 Å². The molecule has 0 spiro atoms. The lowest BCUT2D eigenvalue weighted by molar-refractivity contribution is -0.150. The number of benzene rings is 2. The number of imide groups is 1. The molecule has 0 radical (unpaired) electrons. The minimum Gasteiger partial charge on any atom is -0.482 e. The largest absolute Gasteiger partial charge is 0.482 e. The summed E-state index contributed by atoms with van der Waals surface area (Å²) in [7, 11) is 0. The molecule has 0 heterocycles. The van der Waals surface area contributed by atoms with Crippen molar-refractivity contribution in [2.24, 2.45) is 0 Å². The molecule has 0 bridgehead atoms. The molecule has 2 aromatic rings. The number of hydrogen-bond donors (Lipinski definition) is 2. The second-order valence-corrected chi connectivity index (χ2v) is 5.77. The van der Waals surface area contributed by atoms with Gasteiger partial charge in [-0.05, 0) is 17.2 Å². The summed E-state index contributed by atoms with van der Waals surface area (Å²) in [6, 6.07) is 16.6. The quantitative estimate of drug-likeness (QED) is 0.512. The maximum absolute atomic E-state index is 11.8. The third-order valence-corrected chi connectivity index (χ3v) is 3.58. The molecule has 3 amide bonds. The molecule has 7 nitrogen and oxygen atoms in total. The van der Waals surface area contributed by atoms with Crippen LogP contribution < -0.4 is 15.4 Å². The number of carbonyl (C=O) groups is 3. The van der Waals surface area contributed by atoms with E-state index in [-0.39, 0.29) is 13.2 Å². The molecule has 2 rings (SSSR count). The van der Waals surface area contributed by atoms with Crippen molar-refractivity contribution in [2.45, 2.75) is 6.42 Å². The first-order valence-corrected chi connectivity index (χ1v) is 8.67. The first-order chi connectivity index (χ1) is 13.6. The van der Waals surface area contributed by atoms with Gasteiger partial charge in [0.25, 0.3) is 5.91 Å². The van der Waals surface area contributed by atoms with Gasteiger partial charge in [0.05, 0.1) is 0 Å². The zero-order valence-corrected chi connectivity index (χ0v) is 15.4. The summed E-state index contributed by atoms with van der Waals surface area (Å²) in [4.78, 5) is 34.6. The Morgan fingerprint density at radius 3 is 2.43 bits per heavy atom. The van der Waals surface area contributed by atoms with Crippen LogP contribution in [0.25, 0.3) is 0 Å². The van der Waals surface area contributed by atoms with Crippen LogP contribution in [-0.2, 0) is 20.7 Å². The zero-order chi connectivity index (χ0) is 20.2. The Morgan fingerprint density at radius 1 is 0.964 bits per heavy atom. The van der Waals surface area contributed by atoms with E-state index >= 15 is 0 Å². The van der Waals surface area contributed by atoms with Gasteiger partial charge < -0.3 is 14.8 Å². The predicted octanol–water partition coefficient (Wildman–Crippen LogP) is 2.21. The second kappa shape index (κ2) is 11.2. The fourth-order valence-electron chi connectivity index (χ4n) is 2.30. The third-order valence-electron chi connectivity index (χ3n) is 3.58. The van der Waals surface area contributed by atoms with E-state index in [9.17, 15) is 14.4 Å². The van der Waals surface area contributed by atoms with Crippen molar-refractivity contribution in [3.8, 4) is 5.75 Å². The fourth-order valence-corrected chi connectivity index (χ4v) is 2.30. The van der Waals surface area contributed by atoms with E-state index in [0.717, 1.165) is 11.1 Å². The summed E-state index contributed by atoms with van der Waals surface area (Å²) in [5.74, 6) is -0.882. The number of amides is 3. The highest BCUT2D eigenvalue weighted by Crippen LogP contribution is 2.21. The summed E-state index contributed by atoms with van der Waals surface area (Å²) < 4.78 is 10.4. The molecule has 28 heavy (non-hydrogen) atoms. The van der Waals surface area contributed by atoms with Crippen molar-refractivity contribution < 1.29 is 23.9 Å². The number of ether oxygens (including phenoxy) is 2. The Bertz CT molecular complexity index is 821. The third kappa shape index (κ3) is 7.33. The normalized spacial score (nSPS) is 9.86. The lowest BCUT2D eigenvalue weighted by Gasteiger charge is -2.11. The molecule has 0 fully saturated rings. The molecule has 0 saturated heterocycles. The van der Waals surface area contributed by atoms with Crippen LogP contribution in [0.1, 0.15) is 11.1 Å². The Kier molecular flexibility index (Phi) is 8.26. The molecular formula is C21H22N2O5. The molecule has 0 atom stereocenters. The second-order valence-electron chi connectivity index (χ2n) is 5.77. The summed E-state index contributed by atoms with van der Waals surface area (Å²) in [5.41, 5.74) is 2.05. The summed E-state index contributed by atoms with van der Waals surface area (Å²) in [6.45, 7) is 2.73. The van der Waals surface area contributed by atoms with Crippen LogP contribution in [-0.4, -0.2) is 37.7 Å². The molecule has 0 aromatic heterocycles. The van der Waals surface area contributed by atoms with Gasteiger partial charge in [-0.15, -0.1) is 6.58 Å². The monoisotopic (exact) mass is 382 g/mol. The zero-order valence-electron chi connectivity index (χ0n) is 15.4. The van der Waals surface area contributed by atoms with Crippen LogP contribution in [0.2, 0.25) is 0 Å². The molecule has 2 N–H and O–H groups in total. The van der Waals surface area contributed by atoms with Crippen LogP contribution in [0, 0.1) is 0 Å². The highest BCUT2D eigenvalue weighted by molar-refractivity contribution is 5.95. The summed E-state index contributed by atoms with van der Waals surface area (Å²) >= 11 is 0. The van der Waals surface area contributed by atoms with Crippen molar-refractivity contribution in [2.75, 3.05) is 19.8 Å². The Labute approximate surface area is 163 Å². The number of rotatable bonds is 9. The van der Waals surface area contributed by atoms with E-state index in [1.165, 1.54) is 6.08 Å². The fraction of sp³-hybridized carbons (Fsp3) is 0.190. The van der Waals surface area contributed by atoms with Gasteiger partial charge in [-0.3, -0.25) is 10.1 Å². The van der Waals surface area contributed by atoms with Crippen molar-refractivity contribution in [3.05, 3.63) is 78.4 Å². The molecule has 0 unspecified atom stereocenters. The Hall–Kier alpha value is -3.61.